The second kappa shape index (κ2) is 19.6. The Labute approximate surface area is 289 Å². The predicted octanol–water partition coefficient (Wildman–Crippen LogP) is 10.5. The van der Waals surface area contributed by atoms with Crippen molar-refractivity contribution in [3.05, 3.63) is 137 Å². The van der Waals surface area contributed by atoms with Crippen LogP contribution in [0.3, 0.4) is 0 Å². The standard InChI is InChI=1S/C16H13Br2NO2.C9H10BrNO.C7H4BrClO/c1-2-21-16(12-5-9-14(18)10-6-12)19-15(20)11-3-7-13(17)8-4-11;1-2-12-9(11)7-3-5-8(10)6-4-7;8-6-3-1-5(2-4-6)7(9)10/h3-10H,2H2,1H3;3-6,11H,2H2,1H3;1-4H. The Morgan fingerprint density at radius 2 is 0.953 bits per heavy atom. The third kappa shape index (κ3) is 13.7. The maximum Gasteiger partial charge on any atom is 0.280 e. The maximum absolute atomic E-state index is 12.2. The second-order valence-electron chi connectivity index (χ2n) is 8.22. The minimum absolute atomic E-state index is 0.227. The molecule has 0 unspecified atom stereocenters. The highest BCUT2D eigenvalue weighted by atomic mass is 79.9. The number of ether oxygens (including phenoxy) is 2. The van der Waals surface area contributed by atoms with Crippen molar-refractivity contribution in [3.63, 3.8) is 0 Å². The summed E-state index contributed by atoms with van der Waals surface area (Å²) in [7, 11) is 0. The molecule has 0 fully saturated rings. The summed E-state index contributed by atoms with van der Waals surface area (Å²) in [6, 6.07) is 28.9. The van der Waals surface area contributed by atoms with Crippen molar-refractivity contribution < 1.29 is 19.1 Å². The Balaban J connectivity index is 0.000000248. The van der Waals surface area contributed by atoms with E-state index in [1.807, 2.05) is 74.5 Å². The summed E-state index contributed by atoms with van der Waals surface area (Å²) >= 11 is 18.5. The number of rotatable bonds is 6. The molecule has 0 aliphatic heterocycles. The summed E-state index contributed by atoms with van der Waals surface area (Å²) in [4.78, 5) is 26.8. The van der Waals surface area contributed by atoms with Crippen molar-refractivity contribution in [1.29, 1.82) is 5.41 Å². The molecule has 4 aromatic rings. The Morgan fingerprint density at radius 1 is 0.605 bits per heavy atom. The van der Waals surface area contributed by atoms with Crippen LogP contribution >= 0.6 is 75.3 Å². The summed E-state index contributed by atoms with van der Waals surface area (Å²) < 4.78 is 14.4. The highest BCUT2D eigenvalue weighted by Gasteiger charge is 2.10. The zero-order valence-electron chi connectivity index (χ0n) is 23.1. The summed E-state index contributed by atoms with van der Waals surface area (Å²) in [5.41, 5.74) is 2.61. The number of nitrogens with zero attached hydrogens (tertiary/aromatic N) is 1. The van der Waals surface area contributed by atoms with Gasteiger partial charge in [0.15, 0.2) is 0 Å². The van der Waals surface area contributed by atoms with Crippen LogP contribution in [0.4, 0.5) is 0 Å². The number of halogens is 5. The number of aliphatic imine (C=N–C) groups is 1. The molecule has 0 bridgehead atoms. The molecule has 1 N–H and O–H groups in total. The van der Waals surface area contributed by atoms with Gasteiger partial charge in [0.05, 0.1) is 13.2 Å². The lowest BCUT2D eigenvalue weighted by molar-refractivity contribution is 0.0998. The van der Waals surface area contributed by atoms with E-state index in [-0.39, 0.29) is 11.8 Å². The van der Waals surface area contributed by atoms with Crippen LogP contribution < -0.4 is 0 Å². The van der Waals surface area contributed by atoms with Crippen LogP contribution in [0.1, 0.15) is 45.7 Å². The van der Waals surface area contributed by atoms with Crippen LogP contribution in [0.15, 0.2) is 120 Å². The van der Waals surface area contributed by atoms with Crippen molar-refractivity contribution >= 4 is 98.3 Å². The Hall–Kier alpha value is -2.63. The van der Waals surface area contributed by atoms with Crippen LogP contribution in [0.25, 0.3) is 0 Å². The van der Waals surface area contributed by atoms with Gasteiger partial charge in [0, 0.05) is 40.1 Å². The minimum Gasteiger partial charge on any atom is -0.478 e. The molecule has 1 amide bonds. The number of carbonyl (C=O) groups is 2. The van der Waals surface area contributed by atoms with Crippen LogP contribution in [0, 0.1) is 5.41 Å². The number of amides is 1. The number of hydrogen-bond donors (Lipinski definition) is 1. The van der Waals surface area contributed by atoms with Crippen molar-refractivity contribution in [1.82, 2.24) is 0 Å². The van der Waals surface area contributed by atoms with Gasteiger partial charge in [-0.15, -0.1) is 0 Å². The van der Waals surface area contributed by atoms with Crippen LogP contribution in [-0.4, -0.2) is 36.2 Å². The largest absolute Gasteiger partial charge is 0.478 e. The molecule has 0 spiro atoms. The van der Waals surface area contributed by atoms with Gasteiger partial charge in [-0.25, -0.2) is 0 Å². The highest BCUT2D eigenvalue weighted by molar-refractivity contribution is 9.11. The molecular formula is C32H27Br4ClN2O4. The smallest absolute Gasteiger partial charge is 0.280 e. The topological polar surface area (TPSA) is 88.8 Å². The van der Waals surface area contributed by atoms with Crippen molar-refractivity contribution in [2.75, 3.05) is 13.2 Å². The van der Waals surface area contributed by atoms with Crippen molar-refractivity contribution in [3.8, 4) is 0 Å². The fraction of sp³-hybridized carbons (Fsp3) is 0.125. The SMILES string of the molecule is CCOC(=N)c1ccc(Br)cc1.CCOC(=NC(=O)c1ccc(Br)cc1)c1ccc(Br)cc1.O=C(Cl)c1ccc(Br)cc1. The average molecular weight is 859 g/mol. The van der Waals surface area contributed by atoms with E-state index in [2.05, 4.69) is 68.7 Å². The highest BCUT2D eigenvalue weighted by Crippen LogP contribution is 2.15. The molecule has 0 aromatic heterocycles. The van der Waals surface area contributed by atoms with Gasteiger partial charge in [0.1, 0.15) is 0 Å². The van der Waals surface area contributed by atoms with Gasteiger partial charge in [-0.05, 0) is 123 Å². The van der Waals surface area contributed by atoms with Gasteiger partial charge >= 0.3 is 0 Å². The monoisotopic (exact) mass is 854 g/mol. The molecule has 0 radical (unpaired) electrons. The Morgan fingerprint density at radius 3 is 1.33 bits per heavy atom. The average Bonchev–Trinajstić information content (AvgIpc) is 2.99. The van der Waals surface area contributed by atoms with Crippen LogP contribution in [0.2, 0.25) is 0 Å². The van der Waals surface area contributed by atoms with Crippen molar-refractivity contribution in [2.45, 2.75) is 13.8 Å². The lowest BCUT2D eigenvalue weighted by Gasteiger charge is -2.07. The molecule has 4 aromatic carbocycles. The maximum atomic E-state index is 12.2. The minimum atomic E-state index is -0.424. The van der Waals surface area contributed by atoms with Gasteiger partial charge in [-0.2, -0.15) is 4.99 Å². The van der Waals surface area contributed by atoms with Crippen LogP contribution in [-0.2, 0) is 9.47 Å². The molecule has 0 saturated heterocycles. The van der Waals surface area contributed by atoms with E-state index in [0.717, 1.165) is 29.0 Å². The first-order valence-corrected chi connectivity index (χ1v) is 16.3. The van der Waals surface area contributed by atoms with Gasteiger partial charge < -0.3 is 9.47 Å². The normalized spacial score (nSPS) is 10.3. The molecule has 6 nitrogen and oxygen atoms in total. The molecule has 11 heteroatoms. The molecule has 0 heterocycles. The lowest BCUT2D eigenvalue weighted by Crippen LogP contribution is -2.10. The van der Waals surface area contributed by atoms with E-state index in [1.54, 1.807) is 36.4 Å². The number of hydrogen-bond acceptors (Lipinski definition) is 5. The molecule has 43 heavy (non-hydrogen) atoms. The number of carbonyl (C=O) groups excluding carboxylic acids is 2. The molecule has 0 aliphatic carbocycles. The Bertz CT molecular complexity index is 1510. The van der Waals surface area contributed by atoms with E-state index in [0.29, 0.717) is 30.2 Å². The fourth-order valence-electron chi connectivity index (χ4n) is 3.07. The zero-order valence-corrected chi connectivity index (χ0v) is 30.2. The van der Waals surface area contributed by atoms with E-state index < -0.39 is 5.24 Å². The van der Waals surface area contributed by atoms with Crippen LogP contribution in [0.5, 0.6) is 0 Å². The Kier molecular flexibility index (Phi) is 16.7. The van der Waals surface area contributed by atoms with Gasteiger partial charge in [-0.1, -0.05) is 63.7 Å². The second-order valence-corrected chi connectivity index (χ2v) is 12.2. The summed E-state index contributed by atoms with van der Waals surface area (Å²) in [5, 5.41) is 7.04. The third-order valence-electron chi connectivity index (χ3n) is 5.13. The van der Waals surface area contributed by atoms with E-state index in [9.17, 15) is 9.59 Å². The molecule has 0 aliphatic rings. The predicted molar refractivity (Wildman–Crippen MR) is 188 cm³/mol. The van der Waals surface area contributed by atoms with Gasteiger partial charge in [-0.3, -0.25) is 15.0 Å². The molecular weight excluding hydrogens is 831 g/mol. The van der Waals surface area contributed by atoms with E-state index in [4.69, 9.17) is 26.5 Å². The molecule has 224 valence electrons. The lowest BCUT2D eigenvalue weighted by atomic mass is 10.2. The fourth-order valence-corrected chi connectivity index (χ4v) is 4.25. The first-order chi connectivity index (χ1) is 20.5. The molecule has 4 rings (SSSR count). The first kappa shape index (κ1) is 36.6. The van der Waals surface area contributed by atoms with E-state index in [1.165, 1.54) is 0 Å². The third-order valence-corrected chi connectivity index (χ3v) is 7.47. The summed E-state index contributed by atoms with van der Waals surface area (Å²) in [6.45, 7) is 4.71. The van der Waals surface area contributed by atoms with Gasteiger partial charge in [0.2, 0.25) is 11.8 Å². The summed E-state index contributed by atoms with van der Waals surface area (Å²) in [5.74, 6) is 0.233. The quantitative estimate of drug-likeness (QED) is 0.119. The molecule has 0 atom stereocenters. The molecule has 0 saturated carbocycles. The van der Waals surface area contributed by atoms with Gasteiger partial charge in [0.25, 0.3) is 11.1 Å². The summed E-state index contributed by atoms with van der Waals surface area (Å²) in [6.07, 6.45) is 0. The number of nitrogens with one attached hydrogen (secondary N) is 1. The first-order valence-electron chi connectivity index (χ1n) is 12.7. The number of benzene rings is 4. The van der Waals surface area contributed by atoms with Crippen molar-refractivity contribution in [2.24, 2.45) is 4.99 Å². The zero-order chi connectivity index (χ0) is 31.8. The van der Waals surface area contributed by atoms with E-state index >= 15 is 0 Å².